The maximum Gasteiger partial charge on any atom is 0.327 e. The molecule has 0 aromatic carbocycles. The minimum Gasteiger partial charge on any atom is -0.465 e. The Kier molecular flexibility index (Phi) is 5.50. The van der Waals surface area contributed by atoms with Crippen LogP contribution in [0.2, 0.25) is 0 Å². The van der Waals surface area contributed by atoms with Crippen molar-refractivity contribution in [2.24, 2.45) is 0 Å². The fraction of sp³-hybridized carbons (Fsp3) is 0.571. The van der Waals surface area contributed by atoms with Gasteiger partial charge in [-0.25, -0.2) is 12.8 Å². The lowest BCUT2D eigenvalue weighted by Crippen LogP contribution is -2.45. The predicted octanol–water partition coefficient (Wildman–Crippen LogP) is 1.05. The van der Waals surface area contributed by atoms with Crippen molar-refractivity contribution in [3.8, 4) is 0 Å². The number of nitrogens with zero attached hydrogens (tertiary/aromatic N) is 1. The van der Waals surface area contributed by atoms with E-state index in [1.807, 2.05) is 0 Å². The fourth-order valence-corrected chi connectivity index (χ4v) is 2.69. The summed E-state index contributed by atoms with van der Waals surface area (Å²) >= 11 is 0. The summed E-state index contributed by atoms with van der Waals surface area (Å²) in [5.74, 6) is -1.45. The first-order valence-corrected chi connectivity index (χ1v) is 8.65. The van der Waals surface area contributed by atoms with Crippen LogP contribution in [0.4, 0.5) is 4.39 Å². The summed E-state index contributed by atoms with van der Waals surface area (Å²) < 4.78 is 41.5. The van der Waals surface area contributed by atoms with E-state index in [0.717, 1.165) is 23.1 Å². The van der Waals surface area contributed by atoms with Crippen molar-refractivity contribution in [3.63, 3.8) is 0 Å². The number of carbonyl (C=O) groups is 1. The molecule has 0 aliphatic heterocycles. The maximum absolute atomic E-state index is 13.5. The van der Waals surface area contributed by atoms with Gasteiger partial charge in [0.15, 0.2) is 14.6 Å². The standard InChI is InChI=1S/C14H20FNO5S/c1-5-21-13(18)14(3,22(4,19)20)6-7-16-9-11(15)10(2)8-12(16)17/h8-9H,5-7H2,1-4H3/t14-/m1/s1. The second-order valence-electron chi connectivity index (χ2n) is 5.31. The average Bonchev–Trinajstić information content (AvgIpc) is 2.40. The van der Waals surface area contributed by atoms with Gasteiger partial charge in [-0.3, -0.25) is 9.59 Å². The zero-order chi connectivity index (χ0) is 17.1. The third-order valence-electron chi connectivity index (χ3n) is 3.62. The zero-order valence-electron chi connectivity index (χ0n) is 13.1. The van der Waals surface area contributed by atoms with Gasteiger partial charge >= 0.3 is 5.97 Å². The minimum absolute atomic E-state index is 0.0447. The molecule has 0 saturated carbocycles. The van der Waals surface area contributed by atoms with Crippen molar-refractivity contribution in [2.45, 2.75) is 38.5 Å². The lowest BCUT2D eigenvalue weighted by molar-refractivity contribution is -0.146. The van der Waals surface area contributed by atoms with Crippen LogP contribution in [0.25, 0.3) is 0 Å². The summed E-state index contributed by atoms with van der Waals surface area (Å²) in [5.41, 5.74) is -0.254. The van der Waals surface area contributed by atoms with Crippen LogP contribution in [0.5, 0.6) is 0 Å². The molecule has 0 aliphatic rings. The Morgan fingerprint density at radius 3 is 2.55 bits per heavy atom. The number of hydrogen-bond donors (Lipinski definition) is 0. The molecule has 1 atom stereocenters. The third-order valence-corrected chi connectivity index (χ3v) is 5.63. The van der Waals surface area contributed by atoms with Crippen LogP contribution in [0.15, 0.2) is 17.1 Å². The number of aryl methyl sites for hydroxylation is 2. The molecule has 1 aromatic rings. The van der Waals surface area contributed by atoms with Gasteiger partial charge in [0, 0.05) is 25.1 Å². The summed E-state index contributed by atoms with van der Waals surface area (Å²) in [6.45, 7) is 4.21. The monoisotopic (exact) mass is 333 g/mol. The molecule has 0 aliphatic carbocycles. The molecule has 6 nitrogen and oxygen atoms in total. The summed E-state index contributed by atoms with van der Waals surface area (Å²) in [4.78, 5) is 23.8. The van der Waals surface area contributed by atoms with Gasteiger partial charge in [0.25, 0.3) is 5.56 Å². The fourth-order valence-electron chi connectivity index (χ4n) is 1.87. The van der Waals surface area contributed by atoms with E-state index in [2.05, 4.69) is 0 Å². The maximum atomic E-state index is 13.5. The van der Waals surface area contributed by atoms with Gasteiger partial charge < -0.3 is 9.30 Å². The summed E-state index contributed by atoms with van der Waals surface area (Å²) in [7, 11) is -3.77. The Labute approximate surface area is 128 Å². The lowest BCUT2D eigenvalue weighted by Gasteiger charge is -2.25. The van der Waals surface area contributed by atoms with E-state index >= 15 is 0 Å². The van der Waals surface area contributed by atoms with Crippen molar-refractivity contribution < 1.29 is 22.3 Å². The highest BCUT2D eigenvalue weighted by atomic mass is 32.2. The molecule has 22 heavy (non-hydrogen) atoms. The summed E-state index contributed by atoms with van der Waals surface area (Å²) in [6, 6.07) is 1.12. The summed E-state index contributed by atoms with van der Waals surface area (Å²) in [5, 5.41) is 0. The highest BCUT2D eigenvalue weighted by Crippen LogP contribution is 2.23. The smallest absolute Gasteiger partial charge is 0.327 e. The number of pyridine rings is 1. The molecule has 0 amide bonds. The van der Waals surface area contributed by atoms with Crippen molar-refractivity contribution >= 4 is 15.8 Å². The molecule has 8 heteroatoms. The number of ether oxygens (including phenoxy) is 1. The van der Waals surface area contributed by atoms with Crippen LogP contribution in [-0.2, 0) is 25.9 Å². The Morgan fingerprint density at radius 2 is 2.05 bits per heavy atom. The highest BCUT2D eigenvalue weighted by molar-refractivity contribution is 7.92. The zero-order valence-corrected chi connectivity index (χ0v) is 13.9. The average molecular weight is 333 g/mol. The molecule has 0 spiro atoms. The minimum atomic E-state index is -3.77. The van der Waals surface area contributed by atoms with E-state index in [4.69, 9.17) is 4.74 Å². The van der Waals surface area contributed by atoms with E-state index in [-0.39, 0.29) is 25.1 Å². The first kappa shape index (κ1) is 18.3. The number of sulfone groups is 1. The molecule has 0 N–H and O–H groups in total. The van der Waals surface area contributed by atoms with Crippen LogP contribution < -0.4 is 5.56 Å². The van der Waals surface area contributed by atoms with E-state index in [0.29, 0.717) is 0 Å². The van der Waals surface area contributed by atoms with Crippen molar-refractivity contribution in [1.29, 1.82) is 0 Å². The van der Waals surface area contributed by atoms with Gasteiger partial charge in [-0.05, 0) is 32.8 Å². The van der Waals surface area contributed by atoms with Gasteiger partial charge in [-0.2, -0.15) is 0 Å². The van der Waals surface area contributed by atoms with Gasteiger partial charge in [0.05, 0.1) is 6.61 Å². The first-order valence-electron chi connectivity index (χ1n) is 6.76. The number of hydrogen-bond acceptors (Lipinski definition) is 5. The van der Waals surface area contributed by atoms with Crippen LogP contribution in [-0.4, -0.2) is 36.6 Å². The van der Waals surface area contributed by atoms with E-state index in [1.54, 1.807) is 6.92 Å². The number of rotatable bonds is 6. The molecule has 1 aromatic heterocycles. The van der Waals surface area contributed by atoms with Gasteiger partial charge in [-0.15, -0.1) is 0 Å². The normalized spacial score (nSPS) is 14.4. The first-order chi connectivity index (χ1) is 10.0. The SMILES string of the molecule is CCOC(=O)[C@@](C)(CCn1cc(F)c(C)cc1=O)S(C)(=O)=O. The van der Waals surface area contributed by atoms with Crippen LogP contribution in [0.3, 0.4) is 0 Å². The molecule has 0 radical (unpaired) electrons. The molecule has 0 unspecified atom stereocenters. The Morgan fingerprint density at radius 1 is 1.45 bits per heavy atom. The largest absolute Gasteiger partial charge is 0.465 e. The van der Waals surface area contributed by atoms with Gasteiger partial charge in [-0.1, -0.05) is 0 Å². The molecular weight excluding hydrogens is 313 g/mol. The number of carbonyl (C=O) groups excluding carboxylic acids is 1. The van der Waals surface area contributed by atoms with E-state index in [9.17, 15) is 22.4 Å². The number of aromatic nitrogens is 1. The van der Waals surface area contributed by atoms with Gasteiger partial charge in [0.1, 0.15) is 5.82 Å². The molecule has 124 valence electrons. The second kappa shape index (κ2) is 6.60. The number of esters is 1. The summed E-state index contributed by atoms with van der Waals surface area (Å²) in [6.07, 6.45) is 1.75. The third kappa shape index (κ3) is 3.73. The van der Waals surface area contributed by atoms with Gasteiger partial charge in [0.2, 0.25) is 0 Å². The molecule has 1 rings (SSSR count). The molecule has 0 saturated heterocycles. The predicted molar refractivity (Wildman–Crippen MR) is 79.9 cm³/mol. The Balaban J connectivity index is 3.11. The quantitative estimate of drug-likeness (QED) is 0.727. The van der Waals surface area contributed by atoms with Crippen molar-refractivity contribution in [2.75, 3.05) is 12.9 Å². The molecule has 0 bridgehead atoms. The van der Waals surface area contributed by atoms with Crippen molar-refractivity contribution in [1.82, 2.24) is 4.57 Å². The van der Waals surface area contributed by atoms with Crippen LogP contribution in [0.1, 0.15) is 25.8 Å². The van der Waals surface area contributed by atoms with E-state index < -0.39 is 31.9 Å². The Hall–Kier alpha value is -1.70. The molecule has 1 heterocycles. The topological polar surface area (TPSA) is 82.4 Å². The number of halogens is 1. The van der Waals surface area contributed by atoms with Crippen LogP contribution in [0, 0.1) is 12.7 Å². The molecular formula is C14H20FNO5S. The lowest BCUT2D eigenvalue weighted by atomic mass is 10.1. The Bertz CT molecular complexity index is 725. The van der Waals surface area contributed by atoms with E-state index in [1.165, 1.54) is 13.8 Å². The van der Waals surface area contributed by atoms with Crippen molar-refractivity contribution in [3.05, 3.63) is 34.0 Å². The van der Waals surface area contributed by atoms with Crippen LogP contribution >= 0.6 is 0 Å². The highest BCUT2D eigenvalue weighted by Gasteiger charge is 2.44. The second-order valence-corrected chi connectivity index (χ2v) is 7.75. The molecule has 0 fully saturated rings.